The molecule has 140 valence electrons. The normalized spacial score (nSPS) is 16.8. The molecule has 0 heterocycles. The van der Waals surface area contributed by atoms with Gasteiger partial charge in [0, 0.05) is 11.8 Å². The molecule has 0 bridgehead atoms. The quantitative estimate of drug-likeness (QED) is 0.190. The Labute approximate surface area is 146 Å². The summed E-state index contributed by atoms with van der Waals surface area (Å²) in [5.41, 5.74) is -0.371. The minimum Gasteiger partial charge on any atom is -0.331 e. The van der Waals surface area contributed by atoms with Gasteiger partial charge in [-0.3, -0.25) is 10.0 Å². The number of hydrogen-bond acceptors (Lipinski definition) is 3. The molecule has 0 radical (unpaired) electrons. The van der Waals surface area contributed by atoms with Gasteiger partial charge in [-0.15, -0.1) is 0 Å². The maximum Gasteiger partial charge on any atom is 0.419 e. The van der Waals surface area contributed by atoms with Crippen LogP contribution in [0.2, 0.25) is 0 Å². The highest BCUT2D eigenvalue weighted by molar-refractivity contribution is 5.93. The average molecular weight is 372 g/mol. The van der Waals surface area contributed by atoms with Crippen LogP contribution in [-0.2, 0) is 16.5 Å². The second-order valence-corrected chi connectivity index (χ2v) is 5.73. The van der Waals surface area contributed by atoms with Crippen molar-refractivity contribution in [1.29, 1.82) is 0 Å². The Morgan fingerprint density at radius 3 is 2.50 bits per heavy atom. The van der Waals surface area contributed by atoms with Gasteiger partial charge in [-0.25, -0.2) is 19.9 Å². The molecule has 2 rings (SSSR count). The molecule has 0 unspecified atom stereocenters. The molecule has 1 fully saturated rings. The zero-order chi connectivity index (χ0) is 19.5. The highest BCUT2D eigenvalue weighted by atomic mass is 19.4. The fraction of sp³-hybridized carbons (Fsp3) is 0.312. The predicted molar refractivity (Wildman–Crippen MR) is 86.1 cm³/mol. The van der Waals surface area contributed by atoms with E-state index in [0.29, 0.717) is 24.5 Å². The smallest absolute Gasteiger partial charge is 0.331 e. The Morgan fingerprint density at radius 2 is 2.04 bits per heavy atom. The Balaban J connectivity index is 2.27. The molecular formula is C16H16F4N4O2. The van der Waals surface area contributed by atoms with Crippen molar-refractivity contribution in [2.45, 2.75) is 31.5 Å². The van der Waals surface area contributed by atoms with E-state index in [-0.39, 0.29) is 11.5 Å². The number of rotatable bonds is 4. The second-order valence-electron chi connectivity index (χ2n) is 5.73. The number of halogens is 4. The largest absolute Gasteiger partial charge is 0.419 e. The van der Waals surface area contributed by atoms with E-state index in [1.807, 2.05) is 0 Å². The molecule has 1 amide bonds. The van der Waals surface area contributed by atoms with Crippen LogP contribution in [0.3, 0.4) is 0 Å². The Morgan fingerprint density at radius 1 is 1.38 bits per heavy atom. The summed E-state index contributed by atoms with van der Waals surface area (Å²) in [6, 6.07) is 2.69. The van der Waals surface area contributed by atoms with Gasteiger partial charge in [-0.2, -0.15) is 13.2 Å². The number of alkyl halides is 3. The fourth-order valence-electron chi connectivity index (χ4n) is 2.26. The van der Waals surface area contributed by atoms with E-state index in [0.717, 1.165) is 6.07 Å². The topological polar surface area (TPSA) is 86.1 Å². The minimum atomic E-state index is -4.77. The van der Waals surface area contributed by atoms with E-state index in [1.54, 1.807) is 0 Å². The lowest BCUT2D eigenvalue weighted by molar-refractivity contribution is -0.140. The van der Waals surface area contributed by atoms with Gasteiger partial charge in [-0.05, 0) is 44.2 Å². The third kappa shape index (κ3) is 4.26. The van der Waals surface area contributed by atoms with Gasteiger partial charge in [0.25, 0.3) is 5.91 Å². The van der Waals surface area contributed by atoms with Crippen LogP contribution in [0.4, 0.5) is 17.6 Å². The number of benzene rings is 1. The number of guanidine groups is 1. The van der Waals surface area contributed by atoms with E-state index < -0.39 is 29.0 Å². The van der Waals surface area contributed by atoms with Crippen molar-refractivity contribution >= 4 is 18.6 Å². The molecule has 0 spiro atoms. The summed E-state index contributed by atoms with van der Waals surface area (Å²) in [4.78, 5) is 19.1. The number of nitrogens with one attached hydrogen (secondary N) is 2. The van der Waals surface area contributed by atoms with Crippen LogP contribution in [0.1, 0.15) is 30.9 Å². The van der Waals surface area contributed by atoms with Crippen LogP contribution in [0.15, 0.2) is 40.0 Å². The molecule has 0 atom stereocenters. The van der Waals surface area contributed by atoms with Gasteiger partial charge in [-0.1, -0.05) is 6.07 Å². The minimum absolute atomic E-state index is 0.00731. The van der Waals surface area contributed by atoms with Gasteiger partial charge in [0.2, 0.25) is 5.96 Å². The predicted octanol–water partition coefficient (Wildman–Crippen LogP) is 2.89. The zero-order valence-corrected chi connectivity index (χ0v) is 13.7. The van der Waals surface area contributed by atoms with Crippen LogP contribution < -0.4 is 10.8 Å². The van der Waals surface area contributed by atoms with Crippen LogP contribution in [0, 0.1) is 5.82 Å². The standard InChI is InChI=1S/C16H16F4N4O2/c1-9(13(25)24-26)8-22-14(21-2)23-15(5-6-15)10-3-4-11(12(17)7-10)16(18,19)20/h3-4,7-8,26H,2,5-6H2,1H3,(H,22,23)(H,24,25)/b9-8+. The zero-order valence-electron chi connectivity index (χ0n) is 13.7. The first-order valence-electron chi connectivity index (χ1n) is 7.44. The molecule has 1 saturated carbocycles. The van der Waals surface area contributed by atoms with Crippen LogP contribution >= 0.6 is 0 Å². The lowest BCUT2D eigenvalue weighted by Gasteiger charge is -2.15. The highest BCUT2D eigenvalue weighted by Gasteiger charge is 2.46. The SMILES string of the molecule is C=NC(=NC1(c2ccc(C(F)(F)F)c(F)c2)CC1)N/C=C(\C)C(=O)NO. The average Bonchev–Trinajstić information content (AvgIpc) is 3.37. The Kier molecular flexibility index (Phi) is 5.45. The van der Waals surface area contributed by atoms with Crippen molar-refractivity contribution < 1.29 is 27.6 Å². The van der Waals surface area contributed by atoms with E-state index in [4.69, 9.17) is 5.21 Å². The van der Waals surface area contributed by atoms with Gasteiger partial charge in [0.05, 0.1) is 11.1 Å². The van der Waals surface area contributed by atoms with Crippen LogP contribution in [-0.4, -0.2) is 23.8 Å². The van der Waals surface area contributed by atoms with Crippen molar-refractivity contribution in [1.82, 2.24) is 10.8 Å². The molecule has 1 aromatic rings. The number of hydroxylamine groups is 1. The number of nitrogens with zero attached hydrogens (tertiary/aromatic N) is 2. The lowest BCUT2D eigenvalue weighted by Crippen LogP contribution is -2.24. The van der Waals surface area contributed by atoms with Gasteiger partial charge in [0.1, 0.15) is 5.82 Å². The summed E-state index contributed by atoms with van der Waals surface area (Å²) in [6.45, 7) is 4.74. The number of hydrogen-bond donors (Lipinski definition) is 3. The molecule has 10 heteroatoms. The molecule has 0 aliphatic heterocycles. The third-order valence-electron chi connectivity index (χ3n) is 3.88. The summed E-state index contributed by atoms with van der Waals surface area (Å²) < 4.78 is 51.8. The summed E-state index contributed by atoms with van der Waals surface area (Å²) >= 11 is 0. The van der Waals surface area contributed by atoms with E-state index in [9.17, 15) is 22.4 Å². The van der Waals surface area contributed by atoms with Crippen molar-refractivity contribution in [3.63, 3.8) is 0 Å². The first kappa shape index (κ1) is 19.6. The van der Waals surface area contributed by atoms with Crippen molar-refractivity contribution in [2.75, 3.05) is 0 Å². The Hall–Kier alpha value is -2.75. The van der Waals surface area contributed by atoms with Gasteiger partial charge < -0.3 is 5.32 Å². The highest BCUT2D eigenvalue weighted by Crippen LogP contribution is 2.50. The molecule has 1 aromatic carbocycles. The molecule has 0 aromatic heterocycles. The van der Waals surface area contributed by atoms with Crippen molar-refractivity contribution in [3.8, 4) is 0 Å². The molecule has 3 N–H and O–H groups in total. The third-order valence-corrected chi connectivity index (χ3v) is 3.88. The van der Waals surface area contributed by atoms with Gasteiger partial charge >= 0.3 is 6.18 Å². The fourth-order valence-corrected chi connectivity index (χ4v) is 2.26. The summed E-state index contributed by atoms with van der Waals surface area (Å²) in [5.74, 6) is -2.10. The summed E-state index contributed by atoms with van der Waals surface area (Å²) in [5, 5.41) is 11.1. The molecule has 1 aliphatic rings. The van der Waals surface area contributed by atoms with Crippen molar-refractivity contribution in [3.05, 3.63) is 46.9 Å². The summed E-state index contributed by atoms with van der Waals surface area (Å²) in [6.07, 6.45) is -2.55. The molecule has 0 saturated heterocycles. The lowest BCUT2D eigenvalue weighted by atomic mass is 10.0. The molecule has 26 heavy (non-hydrogen) atoms. The number of carbonyl (C=O) groups is 1. The second kappa shape index (κ2) is 7.24. The monoisotopic (exact) mass is 372 g/mol. The maximum atomic E-state index is 13.8. The first-order chi connectivity index (χ1) is 12.1. The van der Waals surface area contributed by atoms with E-state index in [2.05, 4.69) is 22.0 Å². The number of carbonyl (C=O) groups excluding carboxylic acids is 1. The maximum absolute atomic E-state index is 13.8. The van der Waals surface area contributed by atoms with Crippen molar-refractivity contribution in [2.24, 2.45) is 9.98 Å². The van der Waals surface area contributed by atoms with E-state index >= 15 is 0 Å². The summed E-state index contributed by atoms with van der Waals surface area (Å²) in [7, 11) is 0. The molecule has 6 nitrogen and oxygen atoms in total. The van der Waals surface area contributed by atoms with Crippen LogP contribution in [0.5, 0.6) is 0 Å². The Bertz CT molecular complexity index is 783. The number of amides is 1. The first-order valence-corrected chi connectivity index (χ1v) is 7.44. The molecular weight excluding hydrogens is 356 g/mol. The van der Waals surface area contributed by atoms with Gasteiger partial charge in [0.15, 0.2) is 0 Å². The van der Waals surface area contributed by atoms with Crippen LogP contribution in [0.25, 0.3) is 0 Å². The molecule has 1 aliphatic carbocycles. The van der Waals surface area contributed by atoms with E-state index in [1.165, 1.54) is 24.7 Å². The number of aliphatic imine (C=N–C) groups is 2.